The summed E-state index contributed by atoms with van der Waals surface area (Å²) in [5.74, 6) is 0.160. The van der Waals surface area contributed by atoms with Crippen LogP contribution < -0.4 is 5.32 Å². The highest BCUT2D eigenvalue weighted by Gasteiger charge is 2.23. The molecule has 1 unspecified atom stereocenters. The fourth-order valence-corrected chi connectivity index (χ4v) is 2.82. The third-order valence-electron chi connectivity index (χ3n) is 3.54. The van der Waals surface area contributed by atoms with Crippen LogP contribution in [0.1, 0.15) is 28.8 Å². The van der Waals surface area contributed by atoms with Gasteiger partial charge in [0.25, 0.3) is 5.91 Å². The van der Waals surface area contributed by atoms with Gasteiger partial charge in [0, 0.05) is 28.3 Å². The van der Waals surface area contributed by atoms with E-state index in [2.05, 4.69) is 34.8 Å². The monoisotopic (exact) mass is 358 g/mol. The summed E-state index contributed by atoms with van der Waals surface area (Å²) < 4.78 is 1.15. The number of piperidine rings is 1. The van der Waals surface area contributed by atoms with E-state index in [0.717, 1.165) is 35.1 Å². The van der Waals surface area contributed by atoms with Crippen LogP contribution in [0.5, 0.6) is 0 Å². The van der Waals surface area contributed by atoms with Crippen molar-refractivity contribution in [3.8, 4) is 0 Å². The number of aryl methyl sites for hydroxylation is 1. The molecule has 2 rings (SSSR count). The lowest BCUT2D eigenvalue weighted by atomic mass is 10.0. The van der Waals surface area contributed by atoms with Gasteiger partial charge in [0.05, 0.1) is 0 Å². The molecule has 0 aliphatic carbocycles. The number of likely N-dealkylation sites (N-methyl/N-ethyl adjacent to an activating group) is 1. The molecule has 1 aliphatic rings. The molecule has 1 aromatic carbocycles. The molecule has 1 aromatic rings. The van der Waals surface area contributed by atoms with E-state index >= 15 is 0 Å². The van der Waals surface area contributed by atoms with Crippen LogP contribution in [0.25, 0.3) is 0 Å². The van der Waals surface area contributed by atoms with Gasteiger partial charge in [-0.25, -0.2) is 0 Å². The Labute approximate surface area is 122 Å². The Morgan fingerprint density at radius 1 is 1.50 bits per heavy atom. The maximum absolute atomic E-state index is 12.4. The Bertz CT molecular complexity index is 447. The average Bonchev–Trinajstić information content (AvgIpc) is 2.41. The van der Waals surface area contributed by atoms with Crippen molar-refractivity contribution in [3.05, 3.63) is 32.9 Å². The van der Waals surface area contributed by atoms with E-state index in [9.17, 15) is 4.79 Å². The molecule has 4 heteroatoms. The number of amides is 1. The van der Waals surface area contributed by atoms with E-state index < -0.39 is 0 Å². The molecule has 1 heterocycles. The minimum atomic E-state index is 0.160. The van der Waals surface area contributed by atoms with Crippen LogP contribution in [0.2, 0.25) is 0 Å². The van der Waals surface area contributed by atoms with Gasteiger partial charge >= 0.3 is 0 Å². The summed E-state index contributed by atoms with van der Waals surface area (Å²) in [6, 6.07) is 6.38. The Balaban J connectivity index is 2.12. The van der Waals surface area contributed by atoms with Gasteiger partial charge in [-0.3, -0.25) is 4.79 Å². The summed E-state index contributed by atoms with van der Waals surface area (Å²) in [4.78, 5) is 14.4. The van der Waals surface area contributed by atoms with Gasteiger partial charge in [-0.05, 0) is 67.1 Å². The normalized spacial score (nSPS) is 19.9. The second kappa shape index (κ2) is 6.02. The van der Waals surface area contributed by atoms with E-state index in [1.807, 2.05) is 30.1 Å². The van der Waals surface area contributed by atoms with Gasteiger partial charge < -0.3 is 10.2 Å². The molecule has 1 N–H and O–H groups in total. The molecule has 98 valence electrons. The van der Waals surface area contributed by atoms with Crippen LogP contribution in [-0.4, -0.2) is 37.0 Å². The molecule has 0 aromatic heterocycles. The van der Waals surface area contributed by atoms with Gasteiger partial charge in [0.15, 0.2) is 0 Å². The van der Waals surface area contributed by atoms with E-state index in [4.69, 9.17) is 0 Å². The fraction of sp³-hybridized carbons (Fsp3) is 0.500. The van der Waals surface area contributed by atoms with Gasteiger partial charge in [0.1, 0.15) is 0 Å². The molecule has 1 fully saturated rings. The lowest BCUT2D eigenvalue weighted by Gasteiger charge is -2.32. The summed E-state index contributed by atoms with van der Waals surface area (Å²) in [5.41, 5.74) is 2.03. The van der Waals surface area contributed by atoms with Crippen LogP contribution in [0.4, 0.5) is 0 Å². The molecule has 3 nitrogen and oxygen atoms in total. The van der Waals surface area contributed by atoms with Crippen molar-refractivity contribution in [3.63, 3.8) is 0 Å². The van der Waals surface area contributed by atoms with Crippen molar-refractivity contribution >= 4 is 28.5 Å². The molecule has 1 aliphatic heterocycles. The highest BCUT2D eigenvalue weighted by Crippen LogP contribution is 2.17. The van der Waals surface area contributed by atoms with E-state index in [0.29, 0.717) is 6.04 Å². The van der Waals surface area contributed by atoms with Crippen molar-refractivity contribution in [2.45, 2.75) is 25.8 Å². The van der Waals surface area contributed by atoms with Crippen LogP contribution in [0.15, 0.2) is 18.2 Å². The third kappa shape index (κ3) is 3.03. The lowest BCUT2D eigenvalue weighted by Crippen LogP contribution is -2.46. The Morgan fingerprint density at radius 3 is 2.94 bits per heavy atom. The first-order valence-electron chi connectivity index (χ1n) is 6.34. The predicted molar refractivity (Wildman–Crippen MR) is 81.9 cm³/mol. The molecule has 18 heavy (non-hydrogen) atoms. The lowest BCUT2D eigenvalue weighted by molar-refractivity contribution is 0.0698. The van der Waals surface area contributed by atoms with Gasteiger partial charge in [-0.15, -0.1) is 0 Å². The molecule has 0 saturated carbocycles. The first-order valence-corrected chi connectivity index (χ1v) is 7.42. The largest absolute Gasteiger partial charge is 0.337 e. The number of carbonyl (C=O) groups is 1. The maximum Gasteiger partial charge on any atom is 0.253 e. The minimum Gasteiger partial charge on any atom is -0.337 e. The molecule has 1 amide bonds. The molecule has 0 spiro atoms. The van der Waals surface area contributed by atoms with Gasteiger partial charge in [-0.1, -0.05) is 6.07 Å². The van der Waals surface area contributed by atoms with Crippen molar-refractivity contribution in [1.29, 1.82) is 0 Å². The quantitative estimate of drug-likeness (QED) is 0.824. The second-order valence-corrected chi connectivity index (χ2v) is 6.01. The Hall–Kier alpha value is -0.620. The summed E-state index contributed by atoms with van der Waals surface area (Å²) in [7, 11) is 1.97. The van der Waals surface area contributed by atoms with Crippen molar-refractivity contribution in [2.75, 3.05) is 20.1 Å². The maximum atomic E-state index is 12.4. The summed E-state index contributed by atoms with van der Waals surface area (Å²) >= 11 is 2.28. The molecular formula is C14H19IN2O. The fourth-order valence-electron chi connectivity index (χ4n) is 2.31. The van der Waals surface area contributed by atoms with Crippen molar-refractivity contribution < 1.29 is 4.79 Å². The number of rotatable bonds is 2. The number of hydrogen-bond acceptors (Lipinski definition) is 2. The van der Waals surface area contributed by atoms with Crippen LogP contribution in [-0.2, 0) is 0 Å². The SMILES string of the molecule is CNC1CCCN(C(=O)c2ccc(C)c(I)c2)C1. The summed E-state index contributed by atoms with van der Waals surface area (Å²) in [6.07, 6.45) is 2.24. The zero-order chi connectivity index (χ0) is 13.1. The number of carbonyl (C=O) groups excluding carboxylic acids is 1. The smallest absolute Gasteiger partial charge is 0.253 e. The van der Waals surface area contributed by atoms with Gasteiger partial charge in [0.2, 0.25) is 0 Å². The van der Waals surface area contributed by atoms with Gasteiger partial charge in [-0.2, -0.15) is 0 Å². The number of halogens is 1. The Morgan fingerprint density at radius 2 is 2.28 bits per heavy atom. The van der Waals surface area contributed by atoms with E-state index in [-0.39, 0.29) is 5.91 Å². The second-order valence-electron chi connectivity index (χ2n) is 4.84. The molecular weight excluding hydrogens is 339 g/mol. The molecule has 1 saturated heterocycles. The average molecular weight is 358 g/mol. The van der Waals surface area contributed by atoms with Crippen molar-refractivity contribution in [1.82, 2.24) is 10.2 Å². The van der Waals surface area contributed by atoms with Crippen LogP contribution in [0, 0.1) is 10.5 Å². The van der Waals surface area contributed by atoms with Crippen LogP contribution in [0.3, 0.4) is 0 Å². The minimum absolute atomic E-state index is 0.160. The Kier molecular flexibility index (Phi) is 4.61. The highest BCUT2D eigenvalue weighted by molar-refractivity contribution is 14.1. The number of nitrogens with zero attached hydrogens (tertiary/aromatic N) is 1. The van der Waals surface area contributed by atoms with E-state index in [1.165, 1.54) is 5.56 Å². The zero-order valence-electron chi connectivity index (χ0n) is 10.9. The first kappa shape index (κ1) is 13.8. The number of hydrogen-bond donors (Lipinski definition) is 1. The molecule has 0 bridgehead atoms. The summed E-state index contributed by atoms with van der Waals surface area (Å²) in [5, 5.41) is 3.27. The van der Waals surface area contributed by atoms with E-state index in [1.54, 1.807) is 0 Å². The highest BCUT2D eigenvalue weighted by atomic mass is 127. The first-order chi connectivity index (χ1) is 8.61. The standard InChI is InChI=1S/C14H19IN2O/c1-10-5-6-11(8-13(10)15)14(18)17-7-3-4-12(9-17)16-2/h5-6,8,12,16H,3-4,7,9H2,1-2H3. The summed E-state index contributed by atoms with van der Waals surface area (Å²) in [6.45, 7) is 3.76. The number of nitrogens with one attached hydrogen (secondary N) is 1. The van der Waals surface area contributed by atoms with Crippen LogP contribution >= 0.6 is 22.6 Å². The van der Waals surface area contributed by atoms with Crippen molar-refractivity contribution in [2.24, 2.45) is 0 Å². The topological polar surface area (TPSA) is 32.3 Å². The third-order valence-corrected chi connectivity index (χ3v) is 4.70. The zero-order valence-corrected chi connectivity index (χ0v) is 13.0. The molecule has 1 atom stereocenters. The number of benzene rings is 1. The number of likely N-dealkylation sites (tertiary alicyclic amines) is 1. The predicted octanol–water partition coefficient (Wildman–Crippen LogP) is 2.42. The molecule has 0 radical (unpaired) electrons.